The van der Waals surface area contributed by atoms with Crippen LogP contribution in [0, 0.1) is 0 Å². The van der Waals surface area contributed by atoms with Gasteiger partial charge in [0.15, 0.2) is 0 Å². The first-order valence-corrected chi connectivity index (χ1v) is 5.24. The fourth-order valence-electron chi connectivity index (χ4n) is 0.851. The number of ether oxygens (including phenoxy) is 1. The highest BCUT2D eigenvalue weighted by Crippen LogP contribution is 2.08. The molecule has 0 aliphatic carbocycles. The molecule has 0 saturated heterocycles. The van der Waals surface area contributed by atoms with E-state index in [9.17, 15) is 0 Å². The molecule has 0 atom stereocenters. The van der Waals surface area contributed by atoms with Crippen molar-refractivity contribution >= 4 is 17.4 Å². The van der Waals surface area contributed by atoms with Gasteiger partial charge in [-0.05, 0) is 30.8 Å². The van der Waals surface area contributed by atoms with Gasteiger partial charge < -0.3 is 15.6 Å². The number of rotatable bonds is 4. The van der Waals surface area contributed by atoms with Crippen molar-refractivity contribution < 1.29 is 9.84 Å². The molecule has 15 heavy (non-hydrogen) atoms. The molecule has 0 aliphatic rings. The monoisotopic (exact) mass is 227 g/mol. The summed E-state index contributed by atoms with van der Waals surface area (Å²) in [4.78, 5) is 0. The van der Waals surface area contributed by atoms with Gasteiger partial charge in [-0.1, -0.05) is 31.5 Å². The molecule has 4 heteroatoms. The standard InChI is InChI=1S/C10H14O.CH3NOS/c1-2-3-9-11-10-7-5-4-6-8-10;2-1(3)4/h4-8H,2-3,9H2,1H3;(H3,2,3,4). The van der Waals surface area contributed by atoms with Gasteiger partial charge in [-0.2, -0.15) is 0 Å². The Kier molecular flexibility index (Phi) is 8.47. The molecule has 84 valence electrons. The molecule has 0 radical (unpaired) electrons. The van der Waals surface area contributed by atoms with Crippen LogP contribution >= 0.6 is 12.2 Å². The van der Waals surface area contributed by atoms with Gasteiger partial charge in [0.1, 0.15) is 5.75 Å². The van der Waals surface area contributed by atoms with Crippen molar-refractivity contribution in [2.24, 2.45) is 5.73 Å². The third-order valence-electron chi connectivity index (χ3n) is 1.51. The molecule has 0 bridgehead atoms. The Hall–Kier alpha value is -1.29. The minimum absolute atomic E-state index is 0.500. The van der Waals surface area contributed by atoms with E-state index in [1.807, 2.05) is 30.3 Å². The summed E-state index contributed by atoms with van der Waals surface area (Å²) in [6.07, 6.45) is 2.32. The number of nitrogens with two attached hydrogens (primary N) is 1. The molecule has 1 aromatic rings. The van der Waals surface area contributed by atoms with E-state index in [0.29, 0.717) is 0 Å². The molecule has 0 aromatic heterocycles. The summed E-state index contributed by atoms with van der Waals surface area (Å²) in [5, 5.41) is 7.06. The van der Waals surface area contributed by atoms with Crippen LogP contribution in [0.3, 0.4) is 0 Å². The number of benzene rings is 1. The fraction of sp³-hybridized carbons (Fsp3) is 0.364. The van der Waals surface area contributed by atoms with Gasteiger partial charge in [0.05, 0.1) is 6.61 Å². The van der Waals surface area contributed by atoms with Gasteiger partial charge in [-0.3, -0.25) is 0 Å². The molecule has 1 aromatic carbocycles. The van der Waals surface area contributed by atoms with Crippen molar-refractivity contribution in [1.82, 2.24) is 0 Å². The summed E-state index contributed by atoms with van der Waals surface area (Å²) in [6.45, 7) is 2.99. The van der Waals surface area contributed by atoms with E-state index >= 15 is 0 Å². The number of aliphatic hydroxyl groups excluding tert-OH is 1. The Morgan fingerprint density at radius 2 is 1.93 bits per heavy atom. The van der Waals surface area contributed by atoms with Crippen LogP contribution in [-0.4, -0.2) is 16.9 Å². The summed E-state index contributed by atoms with van der Waals surface area (Å²) in [5.41, 5.74) is 4.40. The first-order valence-electron chi connectivity index (χ1n) is 4.83. The minimum Gasteiger partial charge on any atom is -0.494 e. The molecule has 0 unspecified atom stereocenters. The lowest BCUT2D eigenvalue weighted by atomic mass is 10.3. The summed E-state index contributed by atoms with van der Waals surface area (Å²) < 4.78 is 5.45. The lowest BCUT2D eigenvalue weighted by Gasteiger charge is -2.03. The number of hydrogen-bond acceptors (Lipinski definition) is 2. The van der Waals surface area contributed by atoms with Gasteiger partial charge in [0.2, 0.25) is 0 Å². The van der Waals surface area contributed by atoms with Crippen molar-refractivity contribution in [3.63, 3.8) is 0 Å². The van der Waals surface area contributed by atoms with E-state index < -0.39 is 5.17 Å². The average molecular weight is 227 g/mol. The first kappa shape index (κ1) is 13.7. The number of para-hydroxylation sites is 1. The SMILES string of the molecule is CCCCOc1ccccc1.NC(O)=S. The third kappa shape index (κ3) is 10.6. The zero-order valence-corrected chi connectivity index (χ0v) is 9.67. The second-order valence-electron chi connectivity index (χ2n) is 2.85. The largest absolute Gasteiger partial charge is 0.494 e. The van der Waals surface area contributed by atoms with Crippen LogP contribution in [0.25, 0.3) is 0 Å². The fourth-order valence-corrected chi connectivity index (χ4v) is 0.851. The van der Waals surface area contributed by atoms with Crippen LogP contribution in [0.4, 0.5) is 0 Å². The molecule has 0 aliphatic heterocycles. The Morgan fingerprint density at radius 1 is 1.40 bits per heavy atom. The van der Waals surface area contributed by atoms with Crippen LogP contribution in [-0.2, 0) is 0 Å². The molecule has 1 rings (SSSR count). The number of hydrogen-bond donors (Lipinski definition) is 2. The summed E-state index contributed by atoms with van der Waals surface area (Å²) in [6, 6.07) is 9.93. The highest BCUT2D eigenvalue weighted by atomic mass is 32.1. The normalized spacial score (nSPS) is 8.60. The Labute approximate surface area is 95.9 Å². The number of unbranched alkanes of at least 4 members (excludes halogenated alkanes) is 1. The van der Waals surface area contributed by atoms with E-state index in [0.717, 1.165) is 18.8 Å². The smallest absolute Gasteiger partial charge is 0.251 e. The Bertz CT molecular complexity index is 261. The van der Waals surface area contributed by atoms with Crippen molar-refractivity contribution in [2.75, 3.05) is 6.61 Å². The van der Waals surface area contributed by atoms with Gasteiger partial charge in [-0.15, -0.1) is 0 Å². The van der Waals surface area contributed by atoms with E-state index in [4.69, 9.17) is 9.84 Å². The van der Waals surface area contributed by atoms with Crippen LogP contribution in [0.2, 0.25) is 0 Å². The van der Waals surface area contributed by atoms with Crippen molar-refractivity contribution in [3.05, 3.63) is 30.3 Å². The Balaban J connectivity index is 0.000000423. The van der Waals surface area contributed by atoms with Crippen LogP contribution in [0.5, 0.6) is 5.75 Å². The van der Waals surface area contributed by atoms with Gasteiger partial charge in [-0.25, -0.2) is 0 Å². The topological polar surface area (TPSA) is 55.5 Å². The molecule has 3 N–H and O–H groups in total. The molecular formula is C11H17NO2S. The van der Waals surface area contributed by atoms with Crippen LogP contribution < -0.4 is 10.5 Å². The second kappa shape index (κ2) is 9.27. The lowest BCUT2D eigenvalue weighted by Crippen LogP contribution is -2.03. The minimum atomic E-state index is -0.500. The predicted molar refractivity (Wildman–Crippen MR) is 66.3 cm³/mol. The zero-order valence-electron chi connectivity index (χ0n) is 8.85. The van der Waals surface area contributed by atoms with Crippen LogP contribution in [0.1, 0.15) is 19.8 Å². The van der Waals surface area contributed by atoms with Crippen LogP contribution in [0.15, 0.2) is 30.3 Å². The van der Waals surface area contributed by atoms with Gasteiger partial charge >= 0.3 is 0 Å². The average Bonchev–Trinajstić information content (AvgIpc) is 2.19. The van der Waals surface area contributed by atoms with Crippen molar-refractivity contribution in [1.29, 1.82) is 0 Å². The molecule has 0 saturated carbocycles. The third-order valence-corrected chi connectivity index (χ3v) is 1.51. The maximum atomic E-state index is 7.56. The van der Waals surface area contributed by atoms with Crippen molar-refractivity contribution in [2.45, 2.75) is 19.8 Å². The summed E-state index contributed by atoms with van der Waals surface area (Å²) in [7, 11) is 0. The summed E-state index contributed by atoms with van der Waals surface area (Å²) in [5.74, 6) is 0.973. The highest BCUT2D eigenvalue weighted by Gasteiger charge is 1.88. The van der Waals surface area contributed by atoms with E-state index in [2.05, 4.69) is 24.9 Å². The van der Waals surface area contributed by atoms with Gasteiger partial charge in [0.25, 0.3) is 5.17 Å². The quantitative estimate of drug-likeness (QED) is 0.613. The predicted octanol–water partition coefficient (Wildman–Crippen LogP) is 2.65. The molecular weight excluding hydrogens is 210 g/mol. The highest BCUT2D eigenvalue weighted by molar-refractivity contribution is 7.79. The van der Waals surface area contributed by atoms with E-state index in [1.165, 1.54) is 6.42 Å². The molecule has 0 amide bonds. The lowest BCUT2D eigenvalue weighted by molar-refractivity contribution is 0.309. The Morgan fingerprint density at radius 3 is 2.40 bits per heavy atom. The molecule has 0 heterocycles. The maximum absolute atomic E-state index is 7.56. The maximum Gasteiger partial charge on any atom is 0.251 e. The van der Waals surface area contributed by atoms with E-state index in [-0.39, 0.29) is 0 Å². The van der Waals surface area contributed by atoms with Gasteiger partial charge in [0, 0.05) is 0 Å². The second-order valence-corrected chi connectivity index (χ2v) is 3.27. The molecule has 0 spiro atoms. The molecule has 3 nitrogen and oxygen atoms in total. The molecule has 0 fully saturated rings. The first-order chi connectivity index (χ1) is 7.16. The zero-order chi connectivity index (χ0) is 11.5. The number of thiocarbonyl (C=S) groups is 1. The van der Waals surface area contributed by atoms with E-state index in [1.54, 1.807) is 0 Å². The van der Waals surface area contributed by atoms with Crippen molar-refractivity contribution in [3.8, 4) is 5.75 Å². The number of aliphatic hydroxyl groups is 1. The summed E-state index contributed by atoms with van der Waals surface area (Å²) >= 11 is 3.87.